The quantitative estimate of drug-likeness (QED) is 0.259. The van der Waals surface area contributed by atoms with Gasteiger partial charge in [0.05, 0.1) is 11.1 Å². The summed E-state index contributed by atoms with van der Waals surface area (Å²) in [6.07, 6.45) is 7.42. The first-order valence-corrected chi connectivity index (χ1v) is 11.6. The Balaban J connectivity index is 1.54. The van der Waals surface area contributed by atoms with E-state index >= 15 is 0 Å². The first-order valence-electron chi connectivity index (χ1n) is 11.6. The van der Waals surface area contributed by atoms with E-state index in [1.165, 1.54) is 0 Å². The number of benzene rings is 1. The highest BCUT2D eigenvalue weighted by molar-refractivity contribution is 6.34. The molecule has 7 heteroatoms. The monoisotopic (exact) mass is 450 g/mol. The molecule has 0 bridgehead atoms. The lowest BCUT2D eigenvalue weighted by Gasteiger charge is -2.16. The molecule has 0 aliphatic carbocycles. The summed E-state index contributed by atoms with van der Waals surface area (Å²) < 4.78 is 0. The van der Waals surface area contributed by atoms with Gasteiger partial charge in [0.2, 0.25) is 0 Å². The minimum Gasteiger partial charge on any atom is -0.358 e. The number of amides is 2. The largest absolute Gasteiger partial charge is 0.358 e. The number of hydrogen-bond acceptors (Lipinski definition) is 4. The minimum absolute atomic E-state index is 0.0984. The van der Waals surface area contributed by atoms with Gasteiger partial charge in [-0.15, -0.1) is 0 Å². The molecular formula is C26H34N4O3. The summed E-state index contributed by atoms with van der Waals surface area (Å²) in [6.45, 7) is 6.29. The standard InChI is InChI=1S/C26H34N4O3/c1-18-23(17-21-20-11-6-7-12-22(20)29-25(21)32)28-19(2)24(18)26(33)27-13-10-15-30(3)14-8-4-5-9-16-31/h6-7,11-12,16-17,28H,4-5,8-10,13-15H2,1-3H3,(H,27,33)(H,29,32)/b21-17-. The van der Waals surface area contributed by atoms with Crippen LogP contribution in [0.4, 0.5) is 5.69 Å². The smallest absolute Gasteiger partial charge is 0.256 e. The van der Waals surface area contributed by atoms with Crippen LogP contribution in [-0.4, -0.2) is 54.7 Å². The second kappa shape index (κ2) is 11.6. The molecule has 0 unspecified atom stereocenters. The molecule has 2 amide bonds. The van der Waals surface area contributed by atoms with E-state index in [1.54, 1.807) is 0 Å². The van der Waals surface area contributed by atoms with Crippen molar-refractivity contribution >= 4 is 35.4 Å². The van der Waals surface area contributed by atoms with Gasteiger partial charge in [-0.1, -0.05) is 24.6 Å². The Morgan fingerprint density at radius 3 is 2.64 bits per heavy atom. The zero-order valence-corrected chi connectivity index (χ0v) is 19.8. The second-order valence-electron chi connectivity index (χ2n) is 8.65. The number of unbranched alkanes of at least 4 members (excludes halogenated alkanes) is 3. The number of hydrogen-bond donors (Lipinski definition) is 3. The summed E-state index contributed by atoms with van der Waals surface area (Å²) in [4.78, 5) is 41.1. The van der Waals surface area contributed by atoms with Gasteiger partial charge < -0.3 is 25.3 Å². The average Bonchev–Trinajstić information content (AvgIpc) is 3.26. The Morgan fingerprint density at radius 2 is 1.85 bits per heavy atom. The predicted octanol–water partition coefficient (Wildman–Crippen LogP) is 3.94. The van der Waals surface area contributed by atoms with Crippen LogP contribution in [0.2, 0.25) is 0 Å². The Bertz CT molecular complexity index is 1040. The average molecular weight is 451 g/mol. The zero-order valence-electron chi connectivity index (χ0n) is 19.8. The lowest BCUT2D eigenvalue weighted by Crippen LogP contribution is -2.29. The first-order chi connectivity index (χ1) is 15.9. The minimum atomic E-state index is -0.137. The number of aldehydes is 1. The number of para-hydroxylation sites is 1. The van der Waals surface area contributed by atoms with E-state index in [0.717, 1.165) is 73.3 Å². The van der Waals surface area contributed by atoms with Crippen molar-refractivity contribution in [2.24, 2.45) is 0 Å². The Kier molecular flexibility index (Phi) is 8.60. The third kappa shape index (κ3) is 6.20. The molecule has 0 atom stereocenters. The summed E-state index contributed by atoms with van der Waals surface area (Å²) in [5.41, 5.74) is 5.30. The Hall–Kier alpha value is -3.19. The van der Waals surface area contributed by atoms with E-state index in [4.69, 9.17) is 0 Å². The molecule has 1 aliphatic heterocycles. The maximum atomic E-state index is 12.8. The van der Waals surface area contributed by atoms with Crippen molar-refractivity contribution in [1.29, 1.82) is 0 Å². The van der Waals surface area contributed by atoms with Crippen LogP contribution in [0, 0.1) is 13.8 Å². The molecule has 2 aromatic rings. The van der Waals surface area contributed by atoms with E-state index in [0.29, 0.717) is 24.1 Å². The van der Waals surface area contributed by atoms with Crippen LogP contribution in [0.3, 0.4) is 0 Å². The van der Waals surface area contributed by atoms with Crippen molar-refractivity contribution in [3.63, 3.8) is 0 Å². The maximum Gasteiger partial charge on any atom is 0.256 e. The van der Waals surface area contributed by atoms with Crippen LogP contribution < -0.4 is 10.6 Å². The van der Waals surface area contributed by atoms with Crippen molar-refractivity contribution in [2.75, 3.05) is 32.0 Å². The van der Waals surface area contributed by atoms with Gasteiger partial charge in [-0.25, -0.2) is 0 Å². The number of aromatic nitrogens is 1. The first kappa shape index (κ1) is 24.5. The van der Waals surface area contributed by atoms with Crippen LogP contribution in [-0.2, 0) is 9.59 Å². The molecule has 0 spiro atoms. The summed E-state index contributed by atoms with van der Waals surface area (Å²) in [5.74, 6) is -0.236. The van der Waals surface area contributed by atoms with E-state index in [2.05, 4.69) is 27.6 Å². The fourth-order valence-corrected chi connectivity index (χ4v) is 4.22. The van der Waals surface area contributed by atoms with Crippen molar-refractivity contribution in [1.82, 2.24) is 15.2 Å². The highest BCUT2D eigenvalue weighted by Gasteiger charge is 2.25. The molecule has 1 aromatic heterocycles. The van der Waals surface area contributed by atoms with Crippen LogP contribution in [0.5, 0.6) is 0 Å². The fraction of sp³-hybridized carbons (Fsp3) is 0.423. The highest BCUT2D eigenvalue weighted by Crippen LogP contribution is 2.33. The summed E-state index contributed by atoms with van der Waals surface area (Å²) >= 11 is 0. The Morgan fingerprint density at radius 1 is 1.09 bits per heavy atom. The van der Waals surface area contributed by atoms with Crippen LogP contribution in [0.15, 0.2) is 24.3 Å². The summed E-state index contributed by atoms with van der Waals surface area (Å²) in [6, 6.07) is 7.59. The van der Waals surface area contributed by atoms with Gasteiger partial charge in [-0.05, 0) is 71.0 Å². The molecule has 0 saturated heterocycles. The zero-order chi connectivity index (χ0) is 23.8. The van der Waals surface area contributed by atoms with E-state index in [-0.39, 0.29) is 11.8 Å². The van der Waals surface area contributed by atoms with Crippen molar-refractivity contribution in [3.8, 4) is 0 Å². The third-order valence-corrected chi connectivity index (χ3v) is 6.07. The van der Waals surface area contributed by atoms with Crippen molar-refractivity contribution < 1.29 is 14.4 Å². The molecule has 33 heavy (non-hydrogen) atoms. The normalized spacial score (nSPS) is 13.9. The summed E-state index contributed by atoms with van der Waals surface area (Å²) in [7, 11) is 2.08. The number of carbonyl (C=O) groups is 3. The molecule has 0 fully saturated rings. The molecule has 1 aromatic carbocycles. The molecule has 0 radical (unpaired) electrons. The molecule has 1 aliphatic rings. The molecule has 0 saturated carbocycles. The number of H-pyrrole nitrogens is 1. The molecule has 3 N–H and O–H groups in total. The molecule has 176 valence electrons. The predicted molar refractivity (Wildman–Crippen MR) is 132 cm³/mol. The topological polar surface area (TPSA) is 94.3 Å². The van der Waals surface area contributed by atoms with Crippen molar-refractivity contribution in [3.05, 3.63) is 52.3 Å². The molecular weight excluding hydrogens is 416 g/mol. The number of anilines is 1. The van der Waals surface area contributed by atoms with Crippen LogP contribution in [0.25, 0.3) is 11.6 Å². The molecule has 3 rings (SSSR count). The fourth-order valence-electron chi connectivity index (χ4n) is 4.22. The van der Waals surface area contributed by atoms with Gasteiger partial charge in [-0.3, -0.25) is 9.59 Å². The lowest BCUT2D eigenvalue weighted by molar-refractivity contribution is -0.111. The number of carbonyl (C=O) groups excluding carboxylic acids is 3. The van der Waals surface area contributed by atoms with Gasteiger partial charge in [0.15, 0.2) is 0 Å². The number of aryl methyl sites for hydroxylation is 1. The number of aromatic amines is 1. The number of rotatable bonds is 12. The van der Waals surface area contributed by atoms with Crippen molar-refractivity contribution in [2.45, 2.75) is 46.0 Å². The van der Waals surface area contributed by atoms with E-state index in [1.807, 2.05) is 44.2 Å². The van der Waals surface area contributed by atoms with Gasteiger partial charge in [0.1, 0.15) is 6.29 Å². The van der Waals surface area contributed by atoms with Crippen LogP contribution in [0.1, 0.15) is 65.0 Å². The summed E-state index contributed by atoms with van der Waals surface area (Å²) in [5, 5.41) is 5.90. The highest BCUT2D eigenvalue weighted by atomic mass is 16.2. The number of nitrogens with zero attached hydrogens (tertiary/aromatic N) is 1. The van der Waals surface area contributed by atoms with E-state index < -0.39 is 0 Å². The van der Waals surface area contributed by atoms with Crippen LogP contribution >= 0.6 is 0 Å². The van der Waals surface area contributed by atoms with Gasteiger partial charge in [0, 0.05) is 35.6 Å². The molecule has 7 nitrogen and oxygen atoms in total. The SMILES string of the molecule is Cc1[nH]c(/C=C2\C(=O)Nc3ccccc32)c(C)c1C(=O)NCCCN(C)CCCCCC=O. The third-order valence-electron chi connectivity index (χ3n) is 6.07. The van der Waals surface area contributed by atoms with Gasteiger partial charge in [0.25, 0.3) is 11.8 Å². The number of fused-ring (bicyclic) bond motifs is 1. The van der Waals surface area contributed by atoms with Gasteiger partial charge >= 0.3 is 0 Å². The second-order valence-corrected chi connectivity index (χ2v) is 8.65. The van der Waals surface area contributed by atoms with Gasteiger partial charge in [-0.2, -0.15) is 0 Å². The Labute approximate surface area is 195 Å². The number of nitrogens with one attached hydrogen (secondary N) is 3. The lowest BCUT2D eigenvalue weighted by atomic mass is 10.0. The molecule has 2 heterocycles. The van der Waals surface area contributed by atoms with E-state index in [9.17, 15) is 14.4 Å². The maximum absolute atomic E-state index is 12.8.